The van der Waals surface area contributed by atoms with Gasteiger partial charge in [0, 0.05) is 6.20 Å². The first-order valence-corrected chi connectivity index (χ1v) is 4.98. The first-order chi connectivity index (χ1) is 7.56. The van der Waals surface area contributed by atoms with Crippen LogP contribution < -0.4 is 5.32 Å². The molecule has 3 N–H and O–H groups in total. The lowest BCUT2D eigenvalue weighted by Crippen LogP contribution is -2.42. The van der Waals surface area contributed by atoms with Crippen molar-refractivity contribution in [3.63, 3.8) is 0 Å². The molecular formula is C10H12ClN3O2. The number of hydrogen-bond acceptors (Lipinski definition) is 5. The number of rotatable bonds is 4. The maximum atomic E-state index is 9.11. The number of aromatic nitrogens is 1. The van der Waals surface area contributed by atoms with E-state index < -0.39 is 5.54 Å². The molecule has 1 heterocycles. The zero-order chi connectivity index (χ0) is 12.2. The minimum atomic E-state index is -0.926. The van der Waals surface area contributed by atoms with Crippen LogP contribution in [0.15, 0.2) is 12.3 Å². The molecule has 0 aliphatic carbocycles. The van der Waals surface area contributed by atoms with Crippen molar-refractivity contribution in [2.24, 2.45) is 0 Å². The summed E-state index contributed by atoms with van der Waals surface area (Å²) in [6, 6.07) is 3.41. The van der Waals surface area contributed by atoms with E-state index in [0.29, 0.717) is 0 Å². The van der Waals surface area contributed by atoms with Crippen molar-refractivity contribution in [1.29, 1.82) is 5.26 Å². The molecule has 0 spiro atoms. The molecule has 0 atom stereocenters. The zero-order valence-corrected chi connectivity index (χ0v) is 9.49. The number of pyridine rings is 1. The Bertz CT molecular complexity index is 413. The van der Waals surface area contributed by atoms with Crippen molar-refractivity contribution in [3.05, 3.63) is 22.8 Å². The van der Waals surface area contributed by atoms with Gasteiger partial charge in [0.2, 0.25) is 0 Å². The van der Waals surface area contributed by atoms with Crippen molar-refractivity contribution in [1.82, 2.24) is 4.98 Å². The minimum absolute atomic E-state index is 0.179. The third-order valence-electron chi connectivity index (χ3n) is 2.13. The number of nitriles is 1. The summed E-state index contributed by atoms with van der Waals surface area (Å²) in [6.07, 6.45) is 1.43. The second-order valence-corrected chi connectivity index (χ2v) is 4.01. The molecule has 1 rings (SSSR count). The summed E-state index contributed by atoms with van der Waals surface area (Å²) in [5.74, 6) is 0.270. The van der Waals surface area contributed by atoms with E-state index in [0.717, 1.165) is 0 Å². The van der Waals surface area contributed by atoms with Crippen LogP contribution in [0.1, 0.15) is 12.5 Å². The number of nitrogens with one attached hydrogen (secondary N) is 1. The Labute approximate surface area is 98.3 Å². The van der Waals surface area contributed by atoms with Crippen molar-refractivity contribution < 1.29 is 10.2 Å². The molecule has 0 aromatic carbocycles. The summed E-state index contributed by atoms with van der Waals surface area (Å²) >= 11 is 5.92. The second kappa shape index (κ2) is 5.12. The van der Waals surface area contributed by atoms with Crippen LogP contribution in [0, 0.1) is 11.3 Å². The first kappa shape index (κ1) is 12.7. The van der Waals surface area contributed by atoms with Crippen molar-refractivity contribution in [2.75, 3.05) is 18.5 Å². The number of aliphatic hydroxyl groups is 2. The van der Waals surface area contributed by atoms with Crippen LogP contribution in [0.3, 0.4) is 0 Å². The Morgan fingerprint density at radius 2 is 2.19 bits per heavy atom. The van der Waals surface area contributed by atoms with E-state index in [1.807, 2.05) is 6.07 Å². The van der Waals surface area contributed by atoms with Crippen LogP contribution in [0.25, 0.3) is 0 Å². The van der Waals surface area contributed by atoms with Gasteiger partial charge in [-0.25, -0.2) is 4.98 Å². The maximum absolute atomic E-state index is 9.11. The highest BCUT2D eigenvalue weighted by atomic mass is 35.5. The van der Waals surface area contributed by atoms with Crippen LogP contribution in [-0.4, -0.2) is 33.9 Å². The lowest BCUT2D eigenvalue weighted by atomic mass is 10.1. The molecule has 1 aromatic rings. The van der Waals surface area contributed by atoms with E-state index >= 15 is 0 Å². The van der Waals surface area contributed by atoms with Gasteiger partial charge in [0.15, 0.2) is 0 Å². The van der Waals surface area contributed by atoms with Crippen LogP contribution >= 0.6 is 11.6 Å². The minimum Gasteiger partial charge on any atom is -0.394 e. The highest BCUT2D eigenvalue weighted by Crippen LogP contribution is 2.25. The number of anilines is 1. The van der Waals surface area contributed by atoms with Crippen LogP contribution in [-0.2, 0) is 0 Å². The number of halogens is 1. The highest BCUT2D eigenvalue weighted by Gasteiger charge is 2.24. The van der Waals surface area contributed by atoms with Gasteiger partial charge in [0.25, 0.3) is 0 Å². The first-order valence-electron chi connectivity index (χ1n) is 4.61. The normalized spacial score (nSPS) is 10.9. The fourth-order valence-corrected chi connectivity index (χ4v) is 1.23. The molecule has 5 nitrogen and oxygen atoms in total. The monoisotopic (exact) mass is 241 g/mol. The quantitative estimate of drug-likeness (QED) is 0.724. The zero-order valence-electron chi connectivity index (χ0n) is 8.74. The molecule has 1 aromatic heterocycles. The summed E-state index contributed by atoms with van der Waals surface area (Å²) in [7, 11) is 0. The maximum Gasteiger partial charge on any atom is 0.146 e. The van der Waals surface area contributed by atoms with Gasteiger partial charge in [-0.05, 0) is 13.0 Å². The number of hydrogen-bond donors (Lipinski definition) is 3. The number of nitrogens with zero attached hydrogens (tertiary/aromatic N) is 2. The highest BCUT2D eigenvalue weighted by molar-refractivity contribution is 6.34. The molecule has 0 bridgehead atoms. The Morgan fingerprint density at radius 3 is 2.69 bits per heavy atom. The molecule has 16 heavy (non-hydrogen) atoms. The molecule has 0 fully saturated rings. The van der Waals surface area contributed by atoms with Crippen LogP contribution in [0.2, 0.25) is 5.02 Å². The molecule has 0 saturated carbocycles. The van der Waals surface area contributed by atoms with E-state index in [2.05, 4.69) is 10.3 Å². The van der Waals surface area contributed by atoms with Gasteiger partial charge < -0.3 is 15.5 Å². The van der Waals surface area contributed by atoms with Gasteiger partial charge >= 0.3 is 0 Å². The standard InChI is InChI=1S/C10H12ClN3O2/c1-10(5-15,6-16)14-9-8(11)7(4-12)2-3-13-9/h2-3,15-16H,5-6H2,1H3,(H,13,14). The molecule has 86 valence electrons. The lowest BCUT2D eigenvalue weighted by Gasteiger charge is -2.27. The topological polar surface area (TPSA) is 89.2 Å². The molecule has 0 amide bonds. The largest absolute Gasteiger partial charge is 0.394 e. The number of aliphatic hydroxyl groups excluding tert-OH is 2. The van der Waals surface area contributed by atoms with Gasteiger partial charge in [-0.15, -0.1) is 0 Å². The van der Waals surface area contributed by atoms with Gasteiger partial charge in [0.1, 0.15) is 16.9 Å². The van der Waals surface area contributed by atoms with Crippen molar-refractivity contribution >= 4 is 17.4 Å². The van der Waals surface area contributed by atoms with Crippen LogP contribution in [0.5, 0.6) is 0 Å². The fourth-order valence-electron chi connectivity index (χ4n) is 1.03. The smallest absolute Gasteiger partial charge is 0.146 e. The van der Waals surface area contributed by atoms with E-state index in [4.69, 9.17) is 27.1 Å². The Kier molecular flexibility index (Phi) is 4.07. The summed E-state index contributed by atoms with van der Waals surface area (Å²) in [5, 5.41) is 30.0. The average Bonchev–Trinajstić information content (AvgIpc) is 2.32. The van der Waals surface area contributed by atoms with Gasteiger partial charge in [-0.2, -0.15) is 5.26 Å². The second-order valence-electron chi connectivity index (χ2n) is 3.63. The Balaban J connectivity index is 3.03. The van der Waals surface area contributed by atoms with Crippen molar-refractivity contribution in [3.8, 4) is 6.07 Å². The fraction of sp³-hybridized carbons (Fsp3) is 0.400. The molecule has 0 radical (unpaired) electrons. The lowest BCUT2D eigenvalue weighted by molar-refractivity contribution is 0.147. The van der Waals surface area contributed by atoms with Crippen molar-refractivity contribution in [2.45, 2.75) is 12.5 Å². The molecule has 0 saturated heterocycles. The summed E-state index contributed by atoms with van der Waals surface area (Å²) in [6.45, 7) is 1.06. The Morgan fingerprint density at radius 1 is 1.56 bits per heavy atom. The van der Waals surface area contributed by atoms with E-state index in [1.165, 1.54) is 12.3 Å². The predicted molar refractivity (Wildman–Crippen MR) is 60.2 cm³/mol. The van der Waals surface area contributed by atoms with Gasteiger partial charge in [0.05, 0.1) is 24.3 Å². The third-order valence-corrected chi connectivity index (χ3v) is 2.51. The molecule has 0 aliphatic heterocycles. The van der Waals surface area contributed by atoms with E-state index in [1.54, 1.807) is 6.92 Å². The Hall–Kier alpha value is -1.35. The summed E-state index contributed by atoms with van der Waals surface area (Å²) in [5.41, 5.74) is -0.637. The van der Waals surface area contributed by atoms with Gasteiger partial charge in [-0.3, -0.25) is 0 Å². The summed E-state index contributed by atoms with van der Waals surface area (Å²) in [4.78, 5) is 3.95. The van der Waals surface area contributed by atoms with Crippen LogP contribution in [0.4, 0.5) is 5.82 Å². The average molecular weight is 242 g/mol. The molecule has 6 heteroatoms. The third kappa shape index (κ3) is 2.61. The van der Waals surface area contributed by atoms with Gasteiger partial charge in [-0.1, -0.05) is 11.6 Å². The predicted octanol–water partition coefficient (Wildman–Crippen LogP) is 0.762. The van der Waals surface area contributed by atoms with E-state index in [-0.39, 0.29) is 29.6 Å². The SMILES string of the molecule is CC(CO)(CO)Nc1nccc(C#N)c1Cl. The summed E-state index contributed by atoms with van der Waals surface area (Å²) < 4.78 is 0. The molecule has 0 aliphatic rings. The molecular weight excluding hydrogens is 230 g/mol. The van der Waals surface area contributed by atoms with E-state index in [9.17, 15) is 0 Å². The molecule has 0 unspecified atom stereocenters.